The van der Waals surface area contributed by atoms with Crippen LogP contribution in [0, 0.1) is 6.92 Å². The quantitative estimate of drug-likeness (QED) is 0.798. The lowest BCUT2D eigenvalue weighted by molar-refractivity contribution is -0.123. The largest absolute Gasteiger partial charge is 0.461 e. The molecular formula is C13H22N4O3. The fraction of sp³-hybridized carbons (Fsp3) is 0.615. The molecule has 0 saturated carbocycles. The van der Waals surface area contributed by atoms with Crippen LogP contribution in [0.15, 0.2) is 0 Å². The lowest BCUT2D eigenvalue weighted by Gasteiger charge is -2.21. The van der Waals surface area contributed by atoms with Gasteiger partial charge in [0.25, 0.3) is 0 Å². The maximum Gasteiger partial charge on any atom is 0.360 e. The summed E-state index contributed by atoms with van der Waals surface area (Å²) in [6, 6.07) is 0. The summed E-state index contributed by atoms with van der Waals surface area (Å²) in [4.78, 5) is 27.6. The van der Waals surface area contributed by atoms with E-state index in [0.29, 0.717) is 5.82 Å². The molecule has 0 aliphatic heterocycles. The van der Waals surface area contributed by atoms with Crippen LogP contribution in [0.5, 0.6) is 0 Å². The Hall–Kier alpha value is -2.05. The minimum Gasteiger partial charge on any atom is -0.461 e. The van der Waals surface area contributed by atoms with E-state index in [1.807, 2.05) is 20.8 Å². The lowest BCUT2D eigenvalue weighted by Crippen LogP contribution is -2.42. The van der Waals surface area contributed by atoms with Gasteiger partial charge < -0.3 is 20.4 Å². The van der Waals surface area contributed by atoms with Crippen LogP contribution >= 0.6 is 0 Å². The number of carbonyl (C=O) groups is 2. The van der Waals surface area contributed by atoms with Crippen molar-refractivity contribution < 1.29 is 14.3 Å². The van der Waals surface area contributed by atoms with Gasteiger partial charge in [-0.05, 0) is 34.6 Å². The molecule has 0 spiro atoms. The molecule has 7 nitrogen and oxygen atoms in total. The van der Waals surface area contributed by atoms with Crippen molar-refractivity contribution in [3.63, 3.8) is 0 Å². The number of carbonyl (C=O) groups excluding carboxylic acids is 2. The van der Waals surface area contributed by atoms with Gasteiger partial charge in [0.05, 0.1) is 6.61 Å². The number of nitrogens with two attached hydrogens (primary N) is 1. The Kier molecular flexibility index (Phi) is 4.75. The third-order valence-corrected chi connectivity index (χ3v) is 2.48. The molecule has 0 bridgehead atoms. The van der Waals surface area contributed by atoms with Crippen molar-refractivity contribution in [1.82, 2.24) is 14.9 Å². The van der Waals surface area contributed by atoms with Crippen LogP contribution in [0.4, 0.5) is 5.82 Å². The number of nitrogens with one attached hydrogen (secondary N) is 1. The fourth-order valence-electron chi connectivity index (χ4n) is 1.73. The van der Waals surface area contributed by atoms with E-state index in [0.717, 1.165) is 0 Å². The SMILES string of the molecule is CCOC(=O)c1nc(C)n(CC(=O)NC(C)(C)C)c1N. The lowest BCUT2D eigenvalue weighted by atomic mass is 10.1. The minimum atomic E-state index is -0.580. The number of hydrogen-bond acceptors (Lipinski definition) is 5. The van der Waals surface area contributed by atoms with Crippen LogP contribution in [0.25, 0.3) is 0 Å². The Morgan fingerprint density at radius 3 is 2.50 bits per heavy atom. The summed E-state index contributed by atoms with van der Waals surface area (Å²) >= 11 is 0. The molecule has 1 heterocycles. The van der Waals surface area contributed by atoms with Crippen molar-refractivity contribution in [3.05, 3.63) is 11.5 Å². The summed E-state index contributed by atoms with van der Waals surface area (Å²) in [6.45, 7) is 9.31. The predicted octanol–water partition coefficient (Wildman–Crippen LogP) is 0.865. The number of amides is 1. The van der Waals surface area contributed by atoms with Gasteiger partial charge in [-0.1, -0.05) is 0 Å². The summed E-state index contributed by atoms with van der Waals surface area (Å²) in [6.07, 6.45) is 0. The van der Waals surface area contributed by atoms with Gasteiger partial charge in [0.15, 0.2) is 5.69 Å². The maximum atomic E-state index is 11.9. The van der Waals surface area contributed by atoms with E-state index in [1.54, 1.807) is 13.8 Å². The van der Waals surface area contributed by atoms with Crippen LogP contribution in [0.1, 0.15) is 44.0 Å². The molecule has 1 aromatic heterocycles. The summed E-state index contributed by atoms with van der Waals surface area (Å²) in [7, 11) is 0. The van der Waals surface area contributed by atoms with Crippen molar-refractivity contribution in [1.29, 1.82) is 0 Å². The molecular weight excluding hydrogens is 260 g/mol. The van der Waals surface area contributed by atoms with E-state index in [9.17, 15) is 9.59 Å². The van der Waals surface area contributed by atoms with Gasteiger partial charge in [0.1, 0.15) is 18.2 Å². The molecule has 7 heteroatoms. The molecule has 1 rings (SSSR count). The van der Waals surface area contributed by atoms with E-state index in [1.165, 1.54) is 4.57 Å². The number of nitrogens with zero attached hydrogens (tertiary/aromatic N) is 2. The molecule has 3 N–H and O–H groups in total. The molecule has 112 valence electrons. The number of nitrogen functional groups attached to an aromatic ring is 1. The van der Waals surface area contributed by atoms with E-state index < -0.39 is 5.97 Å². The number of rotatable bonds is 4. The zero-order valence-electron chi connectivity index (χ0n) is 12.6. The number of aromatic nitrogens is 2. The van der Waals surface area contributed by atoms with E-state index in [2.05, 4.69) is 10.3 Å². The molecule has 0 aromatic carbocycles. The van der Waals surface area contributed by atoms with Crippen LogP contribution < -0.4 is 11.1 Å². The zero-order valence-corrected chi connectivity index (χ0v) is 12.6. The number of anilines is 1. The van der Waals surface area contributed by atoms with Crippen molar-refractivity contribution in [2.24, 2.45) is 0 Å². The highest BCUT2D eigenvalue weighted by Crippen LogP contribution is 2.15. The van der Waals surface area contributed by atoms with Gasteiger partial charge in [-0.25, -0.2) is 9.78 Å². The summed E-state index contributed by atoms with van der Waals surface area (Å²) in [5.41, 5.74) is 5.59. The van der Waals surface area contributed by atoms with E-state index in [4.69, 9.17) is 10.5 Å². The number of imidazole rings is 1. The predicted molar refractivity (Wildman–Crippen MR) is 75.2 cm³/mol. The van der Waals surface area contributed by atoms with Gasteiger partial charge in [0, 0.05) is 5.54 Å². The Labute approximate surface area is 118 Å². The maximum absolute atomic E-state index is 11.9. The van der Waals surface area contributed by atoms with E-state index >= 15 is 0 Å². The summed E-state index contributed by atoms with van der Waals surface area (Å²) in [5, 5.41) is 2.83. The molecule has 0 atom stereocenters. The third-order valence-electron chi connectivity index (χ3n) is 2.48. The van der Waals surface area contributed by atoms with Crippen molar-refractivity contribution in [3.8, 4) is 0 Å². The summed E-state index contributed by atoms with van der Waals surface area (Å²) in [5.74, 6) is -0.136. The molecule has 0 fully saturated rings. The summed E-state index contributed by atoms with van der Waals surface area (Å²) < 4.78 is 6.36. The van der Waals surface area contributed by atoms with Crippen LogP contribution in [0.3, 0.4) is 0 Å². The highest BCUT2D eigenvalue weighted by molar-refractivity contribution is 5.92. The first-order valence-corrected chi connectivity index (χ1v) is 6.46. The highest BCUT2D eigenvalue weighted by Gasteiger charge is 2.22. The van der Waals surface area contributed by atoms with Crippen molar-refractivity contribution in [2.45, 2.75) is 46.7 Å². The normalized spacial score (nSPS) is 11.2. The molecule has 1 aromatic rings. The zero-order chi connectivity index (χ0) is 15.5. The Balaban J connectivity index is 2.92. The first-order valence-electron chi connectivity index (χ1n) is 6.46. The second-order valence-corrected chi connectivity index (χ2v) is 5.50. The molecule has 0 unspecified atom stereocenters. The molecule has 0 radical (unpaired) electrons. The van der Waals surface area contributed by atoms with Crippen LogP contribution in [-0.2, 0) is 16.1 Å². The number of ether oxygens (including phenoxy) is 1. The topological polar surface area (TPSA) is 99.2 Å². The number of hydrogen-bond donors (Lipinski definition) is 2. The molecule has 1 amide bonds. The minimum absolute atomic E-state index is 0.0152. The average Bonchev–Trinajstić information content (AvgIpc) is 2.55. The molecule has 20 heavy (non-hydrogen) atoms. The monoisotopic (exact) mass is 282 g/mol. The Bertz CT molecular complexity index is 514. The fourth-order valence-corrected chi connectivity index (χ4v) is 1.73. The van der Waals surface area contributed by atoms with Gasteiger partial charge in [-0.2, -0.15) is 0 Å². The molecule has 0 aliphatic rings. The van der Waals surface area contributed by atoms with Gasteiger partial charge in [-0.15, -0.1) is 0 Å². The Morgan fingerprint density at radius 2 is 2.00 bits per heavy atom. The molecule has 0 saturated heterocycles. The third kappa shape index (κ3) is 3.97. The first-order chi connectivity index (χ1) is 9.15. The van der Waals surface area contributed by atoms with Crippen LogP contribution in [-0.4, -0.2) is 33.6 Å². The van der Waals surface area contributed by atoms with E-state index in [-0.39, 0.29) is 36.1 Å². The standard InChI is InChI=1S/C13H22N4O3/c1-6-20-12(19)10-11(14)17(8(2)15-10)7-9(18)16-13(3,4)5/h6-7,14H2,1-5H3,(H,16,18). The van der Waals surface area contributed by atoms with Crippen molar-refractivity contribution >= 4 is 17.7 Å². The second-order valence-electron chi connectivity index (χ2n) is 5.50. The highest BCUT2D eigenvalue weighted by atomic mass is 16.5. The van der Waals surface area contributed by atoms with Gasteiger partial charge >= 0.3 is 5.97 Å². The average molecular weight is 282 g/mol. The van der Waals surface area contributed by atoms with Gasteiger partial charge in [-0.3, -0.25) is 4.79 Å². The van der Waals surface area contributed by atoms with Crippen molar-refractivity contribution in [2.75, 3.05) is 12.3 Å². The second kappa shape index (κ2) is 5.94. The Morgan fingerprint density at radius 1 is 1.40 bits per heavy atom. The number of aryl methyl sites for hydroxylation is 1. The first kappa shape index (κ1) is 16.0. The van der Waals surface area contributed by atoms with Crippen LogP contribution in [0.2, 0.25) is 0 Å². The van der Waals surface area contributed by atoms with Gasteiger partial charge in [0.2, 0.25) is 5.91 Å². The number of esters is 1. The smallest absolute Gasteiger partial charge is 0.360 e. The molecule has 0 aliphatic carbocycles.